The van der Waals surface area contributed by atoms with Crippen LogP contribution in [0.3, 0.4) is 0 Å². The Kier molecular flexibility index (Phi) is 4.22. The van der Waals surface area contributed by atoms with Crippen LogP contribution < -0.4 is 5.32 Å². The second-order valence-electron chi connectivity index (χ2n) is 5.69. The molecule has 1 amide bonds. The fourth-order valence-electron chi connectivity index (χ4n) is 2.55. The van der Waals surface area contributed by atoms with E-state index in [4.69, 9.17) is 4.74 Å². The lowest BCUT2D eigenvalue weighted by atomic mass is 9.98. The number of anilines is 1. The fraction of sp³-hybridized carbons (Fsp3) is 0.222. The Balaban J connectivity index is 1.78. The van der Waals surface area contributed by atoms with Crippen LogP contribution in [0.4, 0.5) is 5.69 Å². The number of fused-ring (bicyclic) bond motifs is 1. The van der Waals surface area contributed by atoms with Gasteiger partial charge in [-0.1, -0.05) is 22.0 Å². The van der Waals surface area contributed by atoms with Gasteiger partial charge in [-0.2, -0.15) is 0 Å². The summed E-state index contributed by atoms with van der Waals surface area (Å²) in [6.45, 7) is 4.00. The Bertz CT molecular complexity index is 801. The van der Waals surface area contributed by atoms with E-state index in [9.17, 15) is 9.59 Å². The van der Waals surface area contributed by atoms with Crippen molar-refractivity contribution in [3.8, 4) is 0 Å². The van der Waals surface area contributed by atoms with Crippen molar-refractivity contribution in [3.05, 3.63) is 63.1 Å². The van der Waals surface area contributed by atoms with E-state index >= 15 is 0 Å². The van der Waals surface area contributed by atoms with E-state index in [-0.39, 0.29) is 5.91 Å². The van der Waals surface area contributed by atoms with Crippen LogP contribution in [0.2, 0.25) is 0 Å². The van der Waals surface area contributed by atoms with Gasteiger partial charge in [0, 0.05) is 16.6 Å². The number of carbonyl (C=O) groups is 2. The Hall–Kier alpha value is -2.14. The van der Waals surface area contributed by atoms with Crippen molar-refractivity contribution in [3.63, 3.8) is 0 Å². The minimum Gasteiger partial charge on any atom is -0.448 e. The first-order chi connectivity index (χ1) is 10.9. The number of hydrogen-bond donors (Lipinski definition) is 1. The Morgan fingerprint density at radius 3 is 2.70 bits per heavy atom. The van der Waals surface area contributed by atoms with E-state index in [0.717, 1.165) is 21.2 Å². The van der Waals surface area contributed by atoms with E-state index in [0.29, 0.717) is 17.7 Å². The molecular weight excluding hydrogens is 358 g/mol. The lowest BCUT2D eigenvalue weighted by molar-refractivity contribution is -0.125. The van der Waals surface area contributed by atoms with Crippen molar-refractivity contribution in [1.82, 2.24) is 0 Å². The van der Waals surface area contributed by atoms with Crippen LogP contribution >= 0.6 is 15.9 Å². The number of halogens is 1. The third-order valence-electron chi connectivity index (χ3n) is 4.01. The summed E-state index contributed by atoms with van der Waals surface area (Å²) in [5.74, 6) is -0.772. The van der Waals surface area contributed by atoms with Gasteiger partial charge >= 0.3 is 5.97 Å². The highest BCUT2D eigenvalue weighted by Gasteiger charge is 2.31. The molecular formula is C18H16BrNO3. The maximum atomic E-state index is 12.4. The zero-order valence-electron chi connectivity index (χ0n) is 12.9. The molecule has 1 aliphatic heterocycles. The van der Waals surface area contributed by atoms with Gasteiger partial charge in [-0.15, -0.1) is 0 Å². The summed E-state index contributed by atoms with van der Waals surface area (Å²) >= 11 is 3.38. The minimum absolute atomic E-state index is 0.313. The lowest BCUT2D eigenvalue weighted by Crippen LogP contribution is -2.38. The molecule has 0 aromatic heterocycles. The van der Waals surface area contributed by atoms with Crippen LogP contribution in [0, 0.1) is 13.8 Å². The number of nitrogens with one attached hydrogen (secondary N) is 1. The molecule has 4 nitrogen and oxygen atoms in total. The van der Waals surface area contributed by atoms with Crippen molar-refractivity contribution in [1.29, 1.82) is 0 Å². The molecule has 0 bridgehead atoms. The Morgan fingerprint density at radius 2 is 1.96 bits per heavy atom. The average molecular weight is 374 g/mol. The molecule has 3 rings (SSSR count). The highest BCUT2D eigenvalue weighted by molar-refractivity contribution is 9.10. The smallest absolute Gasteiger partial charge is 0.339 e. The van der Waals surface area contributed by atoms with Crippen LogP contribution in [-0.4, -0.2) is 18.0 Å². The SMILES string of the molecule is Cc1ccc(NC(=O)C2Cc3cc(Br)ccc3C(=O)O2)cc1C. The van der Waals surface area contributed by atoms with Crippen LogP contribution in [0.1, 0.15) is 27.0 Å². The van der Waals surface area contributed by atoms with Crippen molar-refractivity contribution in [2.24, 2.45) is 0 Å². The van der Waals surface area contributed by atoms with E-state index in [1.807, 2.05) is 38.1 Å². The van der Waals surface area contributed by atoms with Gasteiger partial charge in [0.05, 0.1) is 5.56 Å². The van der Waals surface area contributed by atoms with E-state index in [2.05, 4.69) is 21.2 Å². The molecule has 5 heteroatoms. The molecule has 0 fully saturated rings. The summed E-state index contributed by atoms with van der Waals surface area (Å²) in [5, 5.41) is 2.82. The first-order valence-corrected chi connectivity index (χ1v) is 8.11. The summed E-state index contributed by atoms with van der Waals surface area (Å²) < 4.78 is 6.15. The van der Waals surface area contributed by atoms with Gasteiger partial charge < -0.3 is 10.1 Å². The number of aryl methyl sites for hydroxylation is 2. The predicted molar refractivity (Wildman–Crippen MR) is 91.6 cm³/mol. The minimum atomic E-state index is -0.814. The molecule has 1 unspecified atom stereocenters. The molecule has 1 aliphatic rings. The number of carbonyl (C=O) groups excluding carboxylic acids is 2. The zero-order chi connectivity index (χ0) is 16.6. The number of rotatable bonds is 2. The van der Waals surface area contributed by atoms with Gasteiger partial charge in [0.2, 0.25) is 0 Å². The monoisotopic (exact) mass is 373 g/mol. The number of hydrogen-bond acceptors (Lipinski definition) is 3. The van der Waals surface area contributed by atoms with Crippen molar-refractivity contribution < 1.29 is 14.3 Å². The van der Waals surface area contributed by atoms with Crippen LogP contribution in [0.5, 0.6) is 0 Å². The third kappa shape index (κ3) is 3.29. The topological polar surface area (TPSA) is 55.4 Å². The standard InChI is InChI=1S/C18H16BrNO3/c1-10-3-5-14(7-11(10)2)20-17(21)16-9-12-8-13(19)4-6-15(12)18(22)23-16/h3-8,16H,9H2,1-2H3,(H,20,21). The normalized spacial score (nSPS) is 16.5. The molecule has 0 aliphatic carbocycles. The molecule has 1 N–H and O–H groups in total. The zero-order valence-corrected chi connectivity index (χ0v) is 14.4. The highest BCUT2D eigenvalue weighted by atomic mass is 79.9. The summed E-state index contributed by atoms with van der Waals surface area (Å²) in [7, 11) is 0. The van der Waals surface area contributed by atoms with Crippen molar-refractivity contribution in [2.45, 2.75) is 26.4 Å². The first-order valence-electron chi connectivity index (χ1n) is 7.31. The van der Waals surface area contributed by atoms with Crippen LogP contribution in [0.15, 0.2) is 40.9 Å². The van der Waals surface area contributed by atoms with Gasteiger partial charge in [-0.3, -0.25) is 4.79 Å². The largest absolute Gasteiger partial charge is 0.448 e. The number of esters is 1. The summed E-state index contributed by atoms with van der Waals surface area (Å²) in [4.78, 5) is 24.4. The van der Waals surface area contributed by atoms with E-state index in [1.54, 1.807) is 12.1 Å². The predicted octanol–water partition coefficient (Wildman–Crippen LogP) is 3.79. The second-order valence-corrected chi connectivity index (χ2v) is 6.60. The van der Waals surface area contributed by atoms with E-state index < -0.39 is 12.1 Å². The number of benzene rings is 2. The summed E-state index contributed by atoms with van der Waals surface area (Å²) in [6, 6.07) is 11.0. The first kappa shape index (κ1) is 15.7. The van der Waals surface area contributed by atoms with Crippen LogP contribution in [-0.2, 0) is 16.0 Å². The van der Waals surface area contributed by atoms with Gasteiger partial charge in [0.15, 0.2) is 6.10 Å². The Labute approximate surface area is 143 Å². The maximum Gasteiger partial charge on any atom is 0.339 e. The van der Waals surface area contributed by atoms with Gasteiger partial charge in [-0.25, -0.2) is 4.79 Å². The highest BCUT2D eigenvalue weighted by Crippen LogP contribution is 2.25. The number of amides is 1. The molecule has 1 atom stereocenters. The van der Waals surface area contributed by atoms with Gasteiger partial charge in [0.1, 0.15) is 0 Å². The molecule has 2 aromatic rings. The number of cyclic esters (lactones) is 1. The van der Waals surface area contributed by atoms with Crippen LogP contribution in [0.25, 0.3) is 0 Å². The number of ether oxygens (including phenoxy) is 1. The third-order valence-corrected chi connectivity index (χ3v) is 4.50. The molecule has 0 radical (unpaired) electrons. The van der Waals surface area contributed by atoms with Gasteiger partial charge in [0.25, 0.3) is 5.91 Å². The molecule has 2 aromatic carbocycles. The van der Waals surface area contributed by atoms with Crippen molar-refractivity contribution >= 4 is 33.5 Å². The van der Waals surface area contributed by atoms with Crippen molar-refractivity contribution in [2.75, 3.05) is 5.32 Å². The lowest BCUT2D eigenvalue weighted by Gasteiger charge is -2.24. The molecule has 0 saturated heterocycles. The fourth-order valence-corrected chi connectivity index (χ4v) is 2.96. The average Bonchev–Trinajstić information content (AvgIpc) is 2.50. The Morgan fingerprint density at radius 1 is 1.17 bits per heavy atom. The quantitative estimate of drug-likeness (QED) is 0.814. The summed E-state index contributed by atoms with van der Waals surface area (Å²) in [6.07, 6.45) is -0.442. The van der Waals surface area contributed by atoms with Gasteiger partial charge in [-0.05, 0) is 60.9 Å². The molecule has 0 saturated carbocycles. The van der Waals surface area contributed by atoms with E-state index in [1.165, 1.54) is 0 Å². The second kappa shape index (κ2) is 6.16. The molecule has 23 heavy (non-hydrogen) atoms. The molecule has 1 heterocycles. The maximum absolute atomic E-state index is 12.4. The summed E-state index contributed by atoms with van der Waals surface area (Å²) in [5.41, 5.74) is 4.29. The molecule has 118 valence electrons. The molecule has 0 spiro atoms.